The molecule has 0 radical (unpaired) electrons. The Morgan fingerprint density at radius 1 is 0.765 bits per heavy atom. The van der Waals surface area contributed by atoms with Gasteiger partial charge in [0.15, 0.2) is 0 Å². The molecule has 0 atom stereocenters. The molecular weight excluding hydrogens is 453 g/mol. The van der Waals surface area contributed by atoms with Gasteiger partial charge in [0.25, 0.3) is 0 Å². The van der Waals surface area contributed by atoms with E-state index in [1.807, 2.05) is 6.07 Å². The first kappa shape index (κ1) is 24.9. The van der Waals surface area contributed by atoms with Crippen LogP contribution in [0.25, 0.3) is 11.1 Å². The van der Waals surface area contributed by atoms with Crippen molar-refractivity contribution in [1.82, 2.24) is 0 Å². The molecule has 0 bridgehead atoms. The van der Waals surface area contributed by atoms with Gasteiger partial charge in [-0.25, -0.2) is 13.2 Å². The van der Waals surface area contributed by atoms with Crippen molar-refractivity contribution < 1.29 is 13.2 Å². The third-order valence-electron chi connectivity index (χ3n) is 7.29. The van der Waals surface area contributed by atoms with E-state index >= 15 is 0 Å². The Bertz CT molecular complexity index is 1080. The smallest absolute Gasteiger partial charge is 0.145 e. The largest absolute Gasteiger partial charge is 0.206 e. The fourth-order valence-corrected chi connectivity index (χ4v) is 5.26. The lowest BCUT2D eigenvalue weighted by Gasteiger charge is -2.29. The van der Waals surface area contributed by atoms with Crippen molar-refractivity contribution in [2.45, 2.75) is 70.6 Å². The van der Waals surface area contributed by atoms with Crippen molar-refractivity contribution in [1.29, 1.82) is 0 Å². The van der Waals surface area contributed by atoms with Crippen molar-refractivity contribution in [3.63, 3.8) is 0 Å². The third kappa shape index (κ3) is 6.05. The SMILES string of the molecule is CCCCc1ccc(C2CCC(CCc3ccc(-c4cc(F)c(Cl)c(F)c4)c(F)c3)CC2)cc1. The number of aryl methyl sites for hydroxylation is 2. The van der Waals surface area contributed by atoms with Crippen LogP contribution < -0.4 is 0 Å². The van der Waals surface area contributed by atoms with Crippen molar-refractivity contribution >= 4 is 11.6 Å². The fourth-order valence-electron chi connectivity index (χ4n) is 5.15. The normalized spacial score (nSPS) is 18.3. The number of unbranched alkanes of at least 4 members (excludes halogenated alkanes) is 1. The number of rotatable bonds is 8. The molecule has 0 unspecified atom stereocenters. The average Bonchev–Trinajstić information content (AvgIpc) is 2.85. The Morgan fingerprint density at radius 2 is 1.41 bits per heavy atom. The first-order valence-electron chi connectivity index (χ1n) is 12.5. The maximum absolute atomic E-state index is 14.7. The summed E-state index contributed by atoms with van der Waals surface area (Å²) in [4.78, 5) is 0. The maximum atomic E-state index is 14.7. The molecule has 0 aliphatic heterocycles. The van der Waals surface area contributed by atoms with Crippen LogP contribution in [-0.4, -0.2) is 0 Å². The molecule has 0 saturated heterocycles. The molecule has 0 amide bonds. The molecule has 34 heavy (non-hydrogen) atoms. The van der Waals surface area contributed by atoms with Crippen LogP contribution in [0.2, 0.25) is 5.02 Å². The topological polar surface area (TPSA) is 0 Å². The highest BCUT2D eigenvalue weighted by Gasteiger charge is 2.22. The zero-order valence-corrected chi connectivity index (χ0v) is 20.5. The van der Waals surface area contributed by atoms with Gasteiger partial charge < -0.3 is 0 Å². The Labute approximate surface area is 206 Å². The first-order valence-corrected chi connectivity index (χ1v) is 12.8. The molecule has 0 heterocycles. The summed E-state index contributed by atoms with van der Waals surface area (Å²) in [6.45, 7) is 2.23. The maximum Gasteiger partial charge on any atom is 0.145 e. The van der Waals surface area contributed by atoms with Crippen molar-refractivity contribution in [3.05, 3.63) is 93.8 Å². The molecule has 0 N–H and O–H groups in total. The summed E-state index contributed by atoms with van der Waals surface area (Å²) in [7, 11) is 0. The van der Waals surface area contributed by atoms with Crippen molar-refractivity contribution in [2.75, 3.05) is 0 Å². The Kier molecular flexibility index (Phi) is 8.37. The van der Waals surface area contributed by atoms with E-state index in [2.05, 4.69) is 31.2 Å². The highest BCUT2D eigenvalue weighted by Crippen LogP contribution is 2.38. The summed E-state index contributed by atoms with van der Waals surface area (Å²) in [5.74, 6) is -0.938. The zero-order valence-electron chi connectivity index (χ0n) is 19.7. The van der Waals surface area contributed by atoms with Gasteiger partial charge in [0.05, 0.1) is 0 Å². The Morgan fingerprint density at radius 3 is 2.03 bits per heavy atom. The lowest BCUT2D eigenvalue weighted by Crippen LogP contribution is -2.14. The lowest BCUT2D eigenvalue weighted by atomic mass is 9.76. The summed E-state index contributed by atoms with van der Waals surface area (Å²) in [6, 6.07) is 16.3. The molecule has 0 spiro atoms. The van der Waals surface area contributed by atoms with Gasteiger partial charge in [0.2, 0.25) is 0 Å². The highest BCUT2D eigenvalue weighted by atomic mass is 35.5. The minimum absolute atomic E-state index is 0.153. The summed E-state index contributed by atoms with van der Waals surface area (Å²) >= 11 is 5.54. The fraction of sp³-hybridized carbons (Fsp3) is 0.400. The molecule has 3 aromatic carbocycles. The van der Waals surface area contributed by atoms with E-state index in [0.717, 1.165) is 30.5 Å². The van der Waals surface area contributed by atoms with E-state index in [9.17, 15) is 13.2 Å². The van der Waals surface area contributed by atoms with E-state index in [0.29, 0.717) is 11.8 Å². The molecule has 0 nitrogen and oxygen atoms in total. The molecule has 1 aliphatic carbocycles. The predicted molar refractivity (Wildman–Crippen MR) is 135 cm³/mol. The molecular formula is C30H32ClF3. The summed E-state index contributed by atoms with van der Waals surface area (Å²) < 4.78 is 42.3. The Hall–Kier alpha value is -2.26. The third-order valence-corrected chi connectivity index (χ3v) is 7.65. The molecule has 0 aromatic heterocycles. The monoisotopic (exact) mass is 484 g/mol. The summed E-state index contributed by atoms with van der Waals surface area (Å²) in [5.41, 5.74) is 4.15. The van der Waals surface area contributed by atoms with E-state index in [4.69, 9.17) is 11.6 Å². The van der Waals surface area contributed by atoms with Crippen LogP contribution in [0.4, 0.5) is 13.2 Å². The van der Waals surface area contributed by atoms with Gasteiger partial charge in [-0.3, -0.25) is 0 Å². The number of halogens is 4. The van der Waals surface area contributed by atoms with Gasteiger partial charge >= 0.3 is 0 Å². The molecule has 1 fully saturated rings. The van der Waals surface area contributed by atoms with E-state index in [1.54, 1.807) is 6.07 Å². The van der Waals surface area contributed by atoms with Crippen LogP contribution in [0, 0.1) is 23.4 Å². The van der Waals surface area contributed by atoms with Crippen LogP contribution in [-0.2, 0) is 12.8 Å². The minimum Gasteiger partial charge on any atom is -0.206 e. The van der Waals surface area contributed by atoms with E-state index < -0.39 is 22.5 Å². The minimum atomic E-state index is -0.886. The van der Waals surface area contributed by atoms with Crippen molar-refractivity contribution in [2.24, 2.45) is 5.92 Å². The summed E-state index contributed by atoms with van der Waals surface area (Å²) in [5, 5.41) is -0.570. The van der Waals surface area contributed by atoms with Crippen LogP contribution in [0.3, 0.4) is 0 Å². The second kappa shape index (κ2) is 11.4. The van der Waals surface area contributed by atoms with Gasteiger partial charge in [0, 0.05) is 5.56 Å². The second-order valence-corrected chi connectivity index (χ2v) is 10.0. The van der Waals surface area contributed by atoms with Crippen LogP contribution >= 0.6 is 11.6 Å². The Balaban J connectivity index is 1.30. The molecule has 4 heteroatoms. The highest BCUT2D eigenvalue weighted by molar-refractivity contribution is 6.31. The quantitative estimate of drug-likeness (QED) is 0.279. The number of benzene rings is 3. The molecule has 1 saturated carbocycles. The van der Waals surface area contributed by atoms with Crippen LogP contribution in [0.5, 0.6) is 0 Å². The standard InChI is InChI=1S/C30H32ClF3/c1-2-3-4-20-7-12-23(13-8-20)24-14-9-21(10-15-24)5-6-22-11-16-26(27(32)17-22)25-18-28(33)30(31)29(34)19-25/h7-8,11-13,16-19,21,24H,2-6,9-10,14-15H2,1H3. The van der Waals surface area contributed by atoms with Crippen molar-refractivity contribution in [3.8, 4) is 11.1 Å². The van der Waals surface area contributed by atoms with Gasteiger partial charge in [-0.05, 0) is 104 Å². The molecule has 1 aliphatic rings. The molecule has 3 aromatic rings. The number of hydrogen-bond acceptors (Lipinski definition) is 0. The van der Waals surface area contributed by atoms with Crippen LogP contribution in [0.1, 0.15) is 74.5 Å². The molecule has 180 valence electrons. The van der Waals surface area contributed by atoms with Gasteiger partial charge in [-0.1, -0.05) is 61.3 Å². The average molecular weight is 485 g/mol. The zero-order chi connectivity index (χ0) is 24.1. The van der Waals surface area contributed by atoms with Gasteiger partial charge in [-0.15, -0.1) is 0 Å². The molecule has 4 rings (SSSR count). The second-order valence-electron chi connectivity index (χ2n) is 9.67. The van der Waals surface area contributed by atoms with E-state index in [1.165, 1.54) is 62.1 Å². The predicted octanol–water partition coefficient (Wildman–Crippen LogP) is 9.67. The first-order chi connectivity index (χ1) is 16.4. The van der Waals surface area contributed by atoms with Gasteiger partial charge in [-0.2, -0.15) is 0 Å². The summed E-state index contributed by atoms with van der Waals surface area (Å²) in [6.07, 6.45) is 10.3. The van der Waals surface area contributed by atoms with Crippen LogP contribution in [0.15, 0.2) is 54.6 Å². The van der Waals surface area contributed by atoms with E-state index in [-0.39, 0.29) is 11.1 Å². The lowest BCUT2D eigenvalue weighted by molar-refractivity contribution is 0.310. The van der Waals surface area contributed by atoms with Gasteiger partial charge in [0.1, 0.15) is 22.5 Å². The number of hydrogen-bond donors (Lipinski definition) is 0.